The van der Waals surface area contributed by atoms with Crippen LogP contribution in [0.3, 0.4) is 0 Å². The quantitative estimate of drug-likeness (QED) is 0.898. The van der Waals surface area contributed by atoms with Crippen molar-refractivity contribution in [1.82, 2.24) is 5.32 Å². The van der Waals surface area contributed by atoms with E-state index in [1.54, 1.807) is 18.2 Å². The van der Waals surface area contributed by atoms with E-state index in [9.17, 15) is 9.18 Å². The Bertz CT molecular complexity index is 608. The molecular formula is C16H17FN2O. The average Bonchev–Trinajstić information content (AvgIpc) is 2.46. The summed E-state index contributed by atoms with van der Waals surface area (Å²) in [6.45, 7) is 2.33. The predicted octanol–water partition coefficient (Wildman–Crippen LogP) is 3.11. The molecule has 104 valence electrons. The fourth-order valence-electron chi connectivity index (χ4n) is 1.97. The predicted molar refractivity (Wildman–Crippen MR) is 78.3 cm³/mol. The third kappa shape index (κ3) is 3.35. The van der Waals surface area contributed by atoms with Crippen LogP contribution in [0.25, 0.3) is 0 Å². The number of hydrogen-bond acceptors (Lipinski definition) is 2. The van der Waals surface area contributed by atoms with Crippen LogP contribution in [0.15, 0.2) is 42.5 Å². The van der Waals surface area contributed by atoms with E-state index >= 15 is 0 Å². The Hall–Kier alpha value is -2.36. The van der Waals surface area contributed by atoms with Crippen LogP contribution in [-0.4, -0.2) is 13.0 Å². The van der Waals surface area contributed by atoms with Crippen molar-refractivity contribution in [2.24, 2.45) is 0 Å². The second-order valence-corrected chi connectivity index (χ2v) is 4.59. The number of hydrogen-bond donors (Lipinski definition) is 2. The van der Waals surface area contributed by atoms with Gasteiger partial charge in [0.2, 0.25) is 0 Å². The summed E-state index contributed by atoms with van der Waals surface area (Å²) in [5, 5.41) is 5.87. The average molecular weight is 272 g/mol. The van der Waals surface area contributed by atoms with Crippen LogP contribution in [0.5, 0.6) is 0 Å². The molecule has 1 amide bonds. The molecule has 3 nitrogen and oxygen atoms in total. The third-order valence-corrected chi connectivity index (χ3v) is 3.12. The Morgan fingerprint density at radius 2 is 1.85 bits per heavy atom. The highest BCUT2D eigenvalue weighted by Crippen LogP contribution is 2.15. The summed E-state index contributed by atoms with van der Waals surface area (Å²) in [4.78, 5) is 12.0. The van der Waals surface area contributed by atoms with Gasteiger partial charge in [-0.05, 0) is 48.4 Å². The topological polar surface area (TPSA) is 41.1 Å². The molecule has 2 aromatic rings. The lowest BCUT2D eigenvalue weighted by Crippen LogP contribution is -2.22. The molecule has 0 aliphatic carbocycles. The van der Waals surface area contributed by atoms with Crippen molar-refractivity contribution in [2.75, 3.05) is 12.4 Å². The number of anilines is 1. The van der Waals surface area contributed by atoms with Gasteiger partial charge in [-0.3, -0.25) is 4.79 Å². The Balaban J connectivity index is 2.01. The molecule has 0 atom stereocenters. The van der Waals surface area contributed by atoms with Crippen LogP contribution in [0.2, 0.25) is 0 Å². The SMILES string of the molecule is CNc1ccc(C(=O)NCc2ccc(F)cc2)cc1C. The number of carbonyl (C=O) groups is 1. The molecule has 0 heterocycles. The molecule has 0 fully saturated rings. The van der Waals surface area contributed by atoms with Crippen molar-refractivity contribution >= 4 is 11.6 Å². The van der Waals surface area contributed by atoms with Crippen LogP contribution in [0.1, 0.15) is 21.5 Å². The molecular weight excluding hydrogens is 255 g/mol. The minimum atomic E-state index is -0.279. The summed E-state index contributed by atoms with van der Waals surface area (Å²) in [7, 11) is 1.84. The highest BCUT2D eigenvalue weighted by molar-refractivity contribution is 5.94. The zero-order chi connectivity index (χ0) is 14.5. The van der Waals surface area contributed by atoms with Gasteiger partial charge in [0.1, 0.15) is 5.82 Å². The normalized spacial score (nSPS) is 10.2. The van der Waals surface area contributed by atoms with Crippen molar-refractivity contribution in [3.05, 3.63) is 65.0 Å². The second-order valence-electron chi connectivity index (χ2n) is 4.59. The number of rotatable bonds is 4. The first kappa shape index (κ1) is 14.1. The number of aryl methyl sites for hydroxylation is 1. The Kier molecular flexibility index (Phi) is 4.35. The summed E-state index contributed by atoms with van der Waals surface area (Å²) in [5.74, 6) is -0.418. The number of nitrogens with one attached hydrogen (secondary N) is 2. The van der Waals surface area contributed by atoms with Crippen LogP contribution in [0, 0.1) is 12.7 Å². The van der Waals surface area contributed by atoms with E-state index in [-0.39, 0.29) is 11.7 Å². The maximum Gasteiger partial charge on any atom is 0.251 e. The summed E-state index contributed by atoms with van der Waals surface area (Å²) in [5.41, 5.74) is 3.49. The molecule has 2 rings (SSSR count). The molecule has 0 aromatic heterocycles. The smallest absolute Gasteiger partial charge is 0.251 e. The number of halogens is 1. The molecule has 0 bridgehead atoms. The van der Waals surface area contributed by atoms with Gasteiger partial charge in [-0.2, -0.15) is 0 Å². The van der Waals surface area contributed by atoms with E-state index < -0.39 is 0 Å². The highest BCUT2D eigenvalue weighted by Gasteiger charge is 2.07. The lowest BCUT2D eigenvalue weighted by molar-refractivity contribution is 0.0951. The largest absolute Gasteiger partial charge is 0.388 e. The van der Waals surface area contributed by atoms with Gasteiger partial charge in [0.25, 0.3) is 5.91 Å². The van der Waals surface area contributed by atoms with Crippen molar-refractivity contribution in [3.8, 4) is 0 Å². The maximum absolute atomic E-state index is 12.8. The van der Waals surface area contributed by atoms with Gasteiger partial charge in [-0.1, -0.05) is 12.1 Å². The summed E-state index contributed by atoms with van der Waals surface area (Å²) in [6, 6.07) is 11.6. The molecule has 0 aliphatic rings. The van der Waals surface area contributed by atoms with E-state index in [0.717, 1.165) is 16.8 Å². The van der Waals surface area contributed by atoms with E-state index in [2.05, 4.69) is 10.6 Å². The van der Waals surface area contributed by atoms with E-state index in [4.69, 9.17) is 0 Å². The minimum Gasteiger partial charge on any atom is -0.388 e. The van der Waals surface area contributed by atoms with Crippen LogP contribution in [0.4, 0.5) is 10.1 Å². The van der Waals surface area contributed by atoms with Crippen LogP contribution < -0.4 is 10.6 Å². The number of benzene rings is 2. The van der Waals surface area contributed by atoms with Gasteiger partial charge in [-0.15, -0.1) is 0 Å². The summed E-state index contributed by atoms with van der Waals surface area (Å²) < 4.78 is 12.8. The van der Waals surface area contributed by atoms with Crippen LogP contribution >= 0.6 is 0 Å². The van der Waals surface area contributed by atoms with Gasteiger partial charge >= 0.3 is 0 Å². The Morgan fingerprint density at radius 1 is 1.15 bits per heavy atom. The molecule has 0 saturated carbocycles. The first-order valence-corrected chi connectivity index (χ1v) is 6.41. The van der Waals surface area contributed by atoms with E-state index in [1.165, 1.54) is 12.1 Å². The van der Waals surface area contributed by atoms with Crippen molar-refractivity contribution < 1.29 is 9.18 Å². The molecule has 0 aliphatic heterocycles. The molecule has 20 heavy (non-hydrogen) atoms. The van der Waals surface area contributed by atoms with Crippen molar-refractivity contribution in [2.45, 2.75) is 13.5 Å². The molecule has 0 saturated heterocycles. The first-order valence-electron chi connectivity index (χ1n) is 6.41. The minimum absolute atomic E-state index is 0.139. The Morgan fingerprint density at radius 3 is 2.45 bits per heavy atom. The van der Waals surface area contributed by atoms with E-state index in [0.29, 0.717) is 12.1 Å². The zero-order valence-electron chi connectivity index (χ0n) is 11.5. The molecule has 4 heteroatoms. The second kappa shape index (κ2) is 6.19. The monoisotopic (exact) mass is 272 g/mol. The Labute approximate surface area is 117 Å². The molecule has 2 aromatic carbocycles. The molecule has 0 radical (unpaired) electrons. The summed E-state index contributed by atoms with van der Waals surface area (Å²) >= 11 is 0. The number of carbonyl (C=O) groups excluding carboxylic acids is 1. The molecule has 0 unspecified atom stereocenters. The van der Waals surface area contributed by atoms with Crippen molar-refractivity contribution in [3.63, 3.8) is 0 Å². The van der Waals surface area contributed by atoms with Crippen molar-refractivity contribution in [1.29, 1.82) is 0 Å². The number of amides is 1. The third-order valence-electron chi connectivity index (χ3n) is 3.12. The standard InChI is InChI=1S/C16H17FN2O/c1-11-9-13(5-8-15(11)18-2)16(20)19-10-12-3-6-14(17)7-4-12/h3-9,18H,10H2,1-2H3,(H,19,20). The van der Waals surface area contributed by atoms with Gasteiger partial charge < -0.3 is 10.6 Å². The first-order chi connectivity index (χ1) is 9.60. The van der Waals surface area contributed by atoms with E-state index in [1.807, 2.05) is 26.1 Å². The maximum atomic E-state index is 12.8. The van der Waals surface area contributed by atoms with Gasteiger partial charge in [0, 0.05) is 24.8 Å². The zero-order valence-corrected chi connectivity index (χ0v) is 11.5. The van der Waals surface area contributed by atoms with Gasteiger partial charge in [0.15, 0.2) is 0 Å². The van der Waals surface area contributed by atoms with Gasteiger partial charge in [0.05, 0.1) is 0 Å². The summed E-state index contributed by atoms with van der Waals surface area (Å²) in [6.07, 6.45) is 0. The molecule has 2 N–H and O–H groups in total. The molecule has 0 spiro atoms. The fraction of sp³-hybridized carbons (Fsp3) is 0.188. The highest BCUT2D eigenvalue weighted by atomic mass is 19.1. The lowest BCUT2D eigenvalue weighted by atomic mass is 10.1. The lowest BCUT2D eigenvalue weighted by Gasteiger charge is -2.09. The van der Waals surface area contributed by atoms with Crippen LogP contribution in [-0.2, 0) is 6.54 Å². The fourth-order valence-corrected chi connectivity index (χ4v) is 1.97. The van der Waals surface area contributed by atoms with Gasteiger partial charge in [-0.25, -0.2) is 4.39 Å².